The van der Waals surface area contributed by atoms with Crippen LogP contribution in [0.1, 0.15) is 34.1 Å². The van der Waals surface area contributed by atoms with Gasteiger partial charge in [-0.15, -0.1) is 5.10 Å². The summed E-state index contributed by atoms with van der Waals surface area (Å²) in [4.78, 5) is 4.93. The number of piperazine rings is 1. The zero-order chi connectivity index (χ0) is 27.0. The number of hydrogen-bond donors (Lipinski definition) is 1. The summed E-state index contributed by atoms with van der Waals surface area (Å²) >= 11 is 0. The van der Waals surface area contributed by atoms with Crippen LogP contribution in [0.5, 0.6) is 5.75 Å². The molecule has 0 spiro atoms. The number of benzene rings is 3. The van der Waals surface area contributed by atoms with E-state index in [0.717, 1.165) is 66.7 Å². The molecule has 0 unspecified atom stereocenters. The van der Waals surface area contributed by atoms with Crippen LogP contribution >= 0.6 is 0 Å². The maximum Gasteiger partial charge on any atom is 0.178 e. The minimum absolute atomic E-state index is 0.0286. The molecule has 1 aromatic heterocycles. The summed E-state index contributed by atoms with van der Waals surface area (Å²) in [6.07, 6.45) is 4.43. The third-order valence-corrected chi connectivity index (χ3v) is 7.17. The maximum absolute atomic E-state index is 9.25. The predicted molar refractivity (Wildman–Crippen MR) is 153 cm³/mol. The second-order valence-electron chi connectivity index (χ2n) is 9.89. The third-order valence-electron chi connectivity index (χ3n) is 7.17. The number of aromatic nitrogens is 4. The van der Waals surface area contributed by atoms with E-state index in [1.165, 1.54) is 5.56 Å². The van der Waals surface area contributed by atoms with Crippen molar-refractivity contribution in [3.05, 3.63) is 107 Å². The molecule has 0 amide bonds. The summed E-state index contributed by atoms with van der Waals surface area (Å²) in [6.45, 7) is 8.97. The average Bonchev–Trinajstić information content (AvgIpc) is 3.42. The van der Waals surface area contributed by atoms with E-state index in [1.54, 1.807) is 0 Å². The van der Waals surface area contributed by atoms with Gasteiger partial charge in [0.2, 0.25) is 0 Å². The number of aliphatic hydroxyl groups is 1. The van der Waals surface area contributed by atoms with Gasteiger partial charge in [-0.3, -0.25) is 9.80 Å². The summed E-state index contributed by atoms with van der Waals surface area (Å²) in [5.74, 6) is 1.51. The number of rotatable bonds is 10. The second-order valence-corrected chi connectivity index (χ2v) is 9.89. The van der Waals surface area contributed by atoms with Gasteiger partial charge in [-0.1, -0.05) is 72.8 Å². The second kappa shape index (κ2) is 12.8. The molecule has 39 heavy (non-hydrogen) atoms. The number of hydrogen-bond acceptors (Lipinski definition) is 7. The number of aryl methyl sites for hydroxylation is 2. The van der Waals surface area contributed by atoms with Crippen LogP contribution < -0.4 is 4.74 Å². The summed E-state index contributed by atoms with van der Waals surface area (Å²) in [7, 11) is 0. The van der Waals surface area contributed by atoms with E-state index >= 15 is 0 Å². The van der Waals surface area contributed by atoms with Gasteiger partial charge in [-0.25, -0.2) is 0 Å². The first-order chi connectivity index (χ1) is 19.1. The Morgan fingerprint density at radius 3 is 2.41 bits per heavy atom. The van der Waals surface area contributed by atoms with E-state index in [0.29, 0.717) is 0 Å². The molecular formula is C31H36N6O2. The molecule has 1 fully saturated rings. The first-order valence-corrected chi connectivity index (χ1v) is 13.5. The van der Waals surface area contributed by atoms with Crippen molar-refractivity contribution in [2.45, 2.75) is 19.9 Å². The zero-order valence-electron chi connectivity index (χ0n) is 22.6. The molecule has 8 nitrogen and oxygen atoms in total. The Hall–Kier alpha value is -3.85. The lowest BCUT2D eigenvalue weighted by Crippen LogP contribution is -2.48. The minimum Gasteiger partial charge on any atom is -0.491 e. The van der Waals surface area contributed by atoms with Gasteiger partial charge in [-0.05, 0) is 58.7 Å². The quantitative estimate of drug-likeness (QED) is 0.335. The highest BCUT2D eigenvalue weighted by molar-refractivity contribution is 5.49. The van der Waals surface area contributed by atoms with Crippen LogP contribution in [-0.4, -0.2) is 81.1 Å². The van der Waals surface area contributed by atoms with Crippen LogP contribution in [0.3, 0.4) is 0 Å². The standard InChI is InChI=1S/C31H36N6O2/c1-24-9-6-10-25(2)29(24)37-31(32-33-34-37)30(27-14-7-15-28(23-27)39-22-21-38)36-19-17-35(18-20-36)16-8-13-26-11-4-3-5-12-26/h3-15,23,30,38H,16-22H2,1-2H3/t30-/m1/s1. The van der Waals surface area contributed by atoms with Gasteiger partial charge in [-0.2, -0.15) is 4.68 Å². The highest BCUT2D eigenvalue weighted by Gasteiger charge is 2.31. The Labute approximate surface area is 230 Å². The van der Waals surface area contributed by atoms with Crippen molar-refractivity contribution >= 4 is 6.08 Å². The first-order valence-electron chi connectivity index (χ1n) is 13.5. The fraction of sp³-hybridized carbons (Fsp3) is 0.323. The predicted octanol–water partition coefficient (Wildman–Crippen LogP) is 4.07. The van der Waals surface area contributed by atoms with Gasteiger partial charge >= 0.3 is 0 Å². The monoisotopic (exact) mass is 524 g/mol. The lowest BCUT2D eigenvalue weighted by Gasteiger charge is -2.38. The molecule has 0 radical (unpaired) electrons. The zero-order valence-corrected chi connectivity index (χ0v) is 22.6. The molecular weight excluding hydrogens is 488 g/mol. The molecule has 0 aliphatic carbocycles. The maximum atomic E-state index is 9.25. The van der Waals surface area contributed by atoms with Crippen LogP contribution in [0.2, 0.25) is 0 Å². The molecule has 202 valence electrons. The Bertz CT molecular complexity index is 1360. The molecule has 1 aliphatic heterocycles. The Morgan fingerprint density at radius 1 is 0.923 bits per heavy atom. The van der Waals surface area contributed by atoms with Gasteiger partial charge in [0.15, 0.2) is 5.82 Å². The molecule has 5 rings (SSSR count). The molecule has 1 aliphatic rings. The number of ether oxygens (including phenoxy) is 1. The summed E-state index contributed by atoms with van der Waals surface area (Å²) < 4.78 is 7.65. The summed E-state index contributed by atoms with van der Waals surface area (Å²) in [5.41, 5.74) is 5.54. The minimum atomic E-state index is -0.154. The number of aliphatic hydroxyl groups excluding tert-OH is 1. The van der Waals surface area contributed by atoms with Crippen LogP contribution in [0.25, 0.3) is 11.8 Å². The SMILES string of the molecule is Cc1cccc(C)c1-n1nnnc1[C@@H](c1cccc(OCCO)c1)N1CCN(CC=Cc2ccccc2)CC1. The van der Waals surface area contributed by atoms with Crippen molar-refractivity contribution in [1.29, 1.82) is 0 Å². The van der Waals surface area contributed by atoms with E-state index < -0.39 is 0 Å². The molecule has 0 bridgehead atoms. The smallest absolute Gasteiger partial charge is 0.178 e. The van der Waals surface area contributed by atoms with E-state index in [2.05, 4.69) is 99.9 Å². The van der Waals surface area contributed by atoms with Gasteiger partial charge in [0.25, 0.3) is 0 Å². The van der Waals surface area contributed by atoms with Crippen molar-refractivity contribution < 1.29 is 9.84 Å². The topological polar surface area (TPSA) is 79.5 Å². The average molecular weight is 525 g/mol. The Morgan fingerprint density at radius 2 is 1.67 bits per heavy atom. The van der Waals surface area contributed by atoms with Crippen LogP contribution in [0.4, 0.5) is 0 Å². The van der Waals surface area contributed by atoms with E-state index in [9.17, 15) is 5.11 Å². The lowest BCUT2D eigenvalue weighted by molar-refractivity contribution is 0.113. The molecule has 4 aromatic rings. The molecule has 2 heterocycles. The summed E-state index contributed by atoms with van der Waals surface area (Å²) in [5, 5.41) is 22.4. The molecule has 0 saturated carbocycles. The largest absolute Gasteiger partial charge is 0.491 e. The fourth-order valence-electron chi connectivity index (χ4n) is 5.23. The number of nitrogens with zero attached hydrogens (tertiary/aromatic N) is 6. The highest BCUT2D eigenvalue weighted by Crippen LogP contribution is 2.32. The van der Waals surface area contributed by atoms with E-state index in [1.807, 2.05) is 28.9 Å². The molecule has 1 N–H and O–H groups in total. The van der Waals surface area contributed by atoms with Crippen LogP contribution in [0.15, 0.2) is 78.9 Å². The van der Waals surface area contributed by atoms with Crippen molar-refractivity contribution in [3.8, 4) is 11.4 Å². The molecule has 1 atom stereocenters. The highest BCUT2D eigenvalue weighted by atomic mass is 16.5. The fourth-order valence-corrected chi connectivity index (χ4v) is 5.23. The van der Waals surface area contributed by atoms with Gasteiger partial charge in [0.05, 0.1) is 18.3 Å². The lowest BCUT2D eigenvalue weighted by atomic mass is 10.0. The van der Waals surface area contributed by atoms with Crippen molar-refractivity contribution in [2.24, 2.45) is 0 Å². The van der Waals surface area contributed by atoms with Crippen molar-refractivity contribution in [3.63, 3.8) is 0 Å². The van der Waals surface area contributed by atoms with Gasteiger partial charge in [0.1, 0.15) is 12.4 Å². The first kappa shape index (κ1) is 26.7. The summed E-state index contributed by atoms with van der Waals surface area (Å²) in [6, 6.07) is 24.6. The van der Waals surface area contributed by atoms with Crippen LogP contribution in [-0.2, 0) is 0 Å². The van der Waals surface area contributed by atoms with E-state index in [4.69, 9.17) is 4.74 Å². The molecule has 8 heteroatoms. The van der Waals surface area contributed by atoms with Gasteiger partial charge < -0.3 is 9.84 Å². The molecule has 1 saturated heterocycles. The van der Waals surface area contributed by atoms with Gasteiger partial charge in [0, 0.05) is 32.7 Å². The number of tetrazole rings is 1. The normalized spacial score (nSPS) is 15.6. The Balaban J connectivity index is 1.41. The number of para-hydroxylation sites is 1. The van der Waals surface area contributed by atoms with E-state index in [-0.39, 0.29) is 19.3 Å². The Kier molecular flexibility index (Phi) is 8.78. The molecule has 3 aromatic carbocycles. The van der Waals surface area contributed by atoms with Crippen molar-refractivity contribution in [2.75, 3.05) is 45.9 Å². The third kappa shape index (κ3) is 6.42. The van der Waals surface area contributed by atoms with Crippen molar-refractivity contribution in [1.82, 2.24) is 30.0 Å². The van der Waals surface area contributed by atoms with Crippen LogP contribution in [0, 0.1) is 13.8 Å².